The van der Waals surface area contributed by atoms with Gasteiger partial charge >= 0.3 is 6.03 Å². The summed E-state index contributed by atoms with van der Waals surface area (Å²) in [6.45, 7) is 0.0304. The Morgan fingerprint density at radius 2 is 1.94 bits per heavy atom. The van der Waals surface area contributed by atoms with Gasteiger partial charge in [-0.1, -0.05) is 0 Å². The highest BCUT2D eigenvalue weighted by Crippen LogP contribution is 2.27. The summed E-state index contributed by atoms with van der Waals surface area (Å²) in [4.78, 5) is 23.4. The summed E-state index contributed by atoms with van der Waals surface area (Å²) in [6.07, 6.45) is 0.0584. The summed E-state index contributed by atoms with van der Waals surface area (Å²) >= 11 is 2.84. The summed E-state index contributed by atoms with van der Waals surface area (Å²) < 4.78 is 26.8. The molecule has 1 heterocycles. The van der Waals surface area contributed by atoms with Gasteiger partial charge in [0.25, 0.3) is 0 Å². The first-order chi connectivity index (χ1) is 7.99. The second-order valence-electron chi connectivity index (χ2n) is 3.47. The number of amides is 3. The molecule has 2 rings (SSSR count). The minimum Gasteiger partial charge on any atom is -0.291 e. The molecule has 0 spiro atoms. The van der Waals surface area contributed by atoms with Crippen molar-refractivity contribution in [3.05, 3.63) is 28.2 Å². The third-order valence-corrected chi connectivity index (χ3v) is 2.94. The highest BCUT2D eigenvalue weighted by molar-refractivity contribution is 9.10. The van der Waals surface area contributed by atoms with Crippen LogP contribution in [0.2, 0.25) is 0 Å². The summed E-state index contributed by atoms with van der Waals surface area (Å²) in [7, 11) is 0. The quantitative estimate of drug-likeness (QED) is 0.809. The van der Waals surface area contributed by atoms with Crippen LogP contribution in [0.5, 0.6) is 0 Å². The highest BCUT2D eigenvalue weighted by atomic mass is 79.9. The largest absolute Gasteiger partial charge is 0.328 e. The van der Waals surface area contributed by atoms with Crippen LogP contribution < -0.4 is 10.2 Å². The van der Waals surface area contributed by atoms with Crippen molar-refractivity contribution in [2.24, 2.45) is 0 Å². The van der Waals surface area contributed by atoms with E-state index in [2.05, 4.69) is 15.9 Å². The van der Waals surface area contributed by atoms with Crippen molar-refractivity contribution in [3.8, 4) is 0 Å². The van der Waals surface area contributed by atoms with E-state index in [9.17, 15) is 18.4 Å². The van der Waals surface area contributed by atoms with E-state index in [0.29, 0.717) is 0 Å². The monoisotopic (exact) mass is 304 g/mol. The molecule has 0 bridgehead atoms. The molecule has 4 nitrogen and oxygen atoms in total. The minimum atomic E-state index is -0.748. The van der Waals surface area contributed by atoms with Gasteiger partial charge in [0.1, 0.15) is 11.6 Å². The van der Waals surface area contributed by atoms with Gasteiger partial charge in [-0.05, 0) is 22.0 Å². The van der Waals surface area contributed by atoms with Crippen molar-refractivity contribution < 1.29 is 18.4 Å². The van der Waals surface area contributed by atoms with E-state index in [-0.39, 0.29) is 23.1 Å². The van der Waals surface area contributed by atoms with E-state index in [1.807, 2.05) is 5.32 Å². The van der Waals surface area contributed by atoms with Gasteiger partial charge in [0, 0.05) is 19.0 Å². The van der Waals surface area contributed by atoms with Crippen molar-refractivity contribution in [3.63, 3.8) is 0 Å². The number of hydrogen-bond donors (Lipinski definition) is 1. The number of hydrogen-bond acceptors (Lipinski definition) is 2. The van der Waals surface area contributed by atoms with Crippen molar-refractivity contribution in [2.45, 2.75) is 6.42 Å². The Hall–Kier alpha value is -1.50. The Labute approximate surface area is 104 Å². The van der Waals surface area contributed by atoms with Crippen molar-refractivity contribution in [2.75, 3.05) is 11.4 Å². The van der Waals surface area contributed by atoms with Gasteiger partial charge in [0.15, 0.2) is 0 Å². The third kappa shape index (κ3) is 2.28. The number of anilines is 1. The first-order valence-corrected chi connectivity index (χ1v) is 5.54. The standard InChI is InChI=1S/C10H7BrF2N2O2/c11-5-3-7(13)8(4-6(5)12)15-2-1-9(16)14-10(15)17/h3-4H,1-2H2,(H,14,16,17). The van der Waals surface area contributed by atoms with Crippen LogP contribution in [-0.2, 0) is 4.79 Å². The van der Waals surface area contributed by atoms with Gasteiger partial charge in [-0.3, -0.25) is 15.0 Å². The smallest absolute Gasteiger partial charge is 0.291 e. The predicted molar refractivity (Wildman–Crippen MR) is 59.6 cm³/mol. The molecule has 1 aromatic rings. The summed E-state index contributed by atoms with van der Waals surface area (Å²) in [5, 5.41) is 2.04. The second kappa shape index (κ2) is 4.40. The van der Waals surface area contributed by atoms with Crippen LogP contribution in [0.1, 0.15) is 6.42 Å². The summed E-state index contributed by atoms with van der Waals surface area (Å²) in [5.74, 6) is -1.84. The third-order valence-electron chi connectivity index (χ3n) is 2.33. The maximum Gasteiger partial charge on any atom is 0.328 e. The number of nitrogens with one attached hydrogen (secondary N) is 1. The average molecular weight is 305 g/mol. The zero-order chi connectivity index (χ0) is 12.6. The molecular formula is C10H7BrF2N2O2. The lowest BCUT2D eigenvalue weighted by Crippen LogP contribution is -2.49. The first-order valence-electron chi connectivity index (χ1n) is 4.75. The van der Waals surface area contributed by atoms with E-state index < -0.39 is 23.6 Å². The lowest BCUT2D eigenvalue weighted by molar-refractivity contribution is -0.120. The lowest BCUT2D eigenvalue weighted by Gasteiger charge is -2.26. The van der Waals surface area contributed by atoms with Crippen LogP contribution in [0, 0.1) is 11.6 Å². The van der Waals surface area contributed by atoms with Crippen molar-refractivity contribution in [1.82, 2.24) is 5.32 Å². The van der Waals surface area contributed by atoms with Gasteiger partial charge in [-0.2, -0.15) is 0 Å². The molecule has 7 heteroatoms. The van der Waals surface area contributed by atoms with E-state index in [1.54, 1.807) is 0 Å². The van der Waals surface area contributed by atoms with Crippen LogP contribution in [0.25, 0.3) is 0 Å². The first kappa shape index (κ1) is 12.0. The van der Waals surface area contributed by atoms with Crippen molar-refractivity contribution >= 4 is 33.6 Å². The number of halogens is 3. The molecule has 1 aromatic carbocycles. The molecule has 0 unspecified atom stereocenters. The van der Waals surface area contributed by atoms with Crippen LogP contribution in [-0.4, -0.2) is 18.5 Å². The van der Waals surface area contributed by atoms with E-state index >= 15 is 0 Å². The molecule has 90 valence electrons. The number of nitrogens with zero attached hydrogens (tertiary/aromatic N) is 1. The molecule has 3 amide bonds. The van der Waals surface area contributed by atoms with Crippen LogP contribution >= 0.6 is 15.9 Å². The fraction of sp³-hybridized carbons (Fsp3) is 0.200. The average Bonchev–Trinajstić information content (AvgIpc) is 2.24. The highest BCUT2D eigenvalue weighted by Gasteiger charge is 2.27. The van der Waals surface area contributed by atoms with E-state index in [4.69, 9.17) is 0 Å². The van der Waals surface area contributed by atoms with Gasteiger partial charge in [0.2, 0.25) is 5.91 Å². The maximum atomic E-state index is 13.6. The minimum absolute atomic E-state index is 0.0211. The second-order valence-corrected chi connectivity index (χ2v) is 4.33. The zero-order valence-corrected chi connectivity index (χ0v) is 10.1. The fourth-order valence-electron chi connectivity index (χ4n) is 1.51. The fourth-order valence-corrected chi connectivity index (χ4v) is 1.83. The Kier molecular flexibility index (Phi) is 3.10. The molecule has 1 N–H and O–H groups in total. The molecule has 1 saturated heterocycles. The van der Waals surface area contributed by atoms with Gasteiger partial charge in [-0.15, -0.1) is 0 Å². The zero-order valence-electron chi connectivity index (χ0n) is 8.47. The van der Waals surface area contributed by atoms with E-state index in [1.165, 1.54) is 0 Å². The molecule has 1 aliphatic heterocycles. The molecule has 0 aromatic heterocycles. The van der Waals surface area contributed by atoms with Crippen LogP contribution in [0.3, 0.4) is 0 Å². The number of urea groups is 1. The molecule has 17 heavy (non-hydrogen) atoms. The van der Waals surface area contributed by atoms with Crippen LogP contribution in [0.15, 0.2) is 16.6 Å². The number of benzene rings is 1. The SMILES string of the molecule is O=C1CCN(c2cc(F)c(Br)cc2F)C(=O)N1. The topological polar surface area (TPSA) is 49.4 Å². The van der Waals surface area contributed by atoms with Gasteiger partial charge in [-0.25, -0.2) is 13.6 Å². The summed E-state index contributed by atoms with van der Waals surface area (Å²) in [6, 6.07) is 1.10. The number of carbonyl (C=O) groups is 2. The molecule has 1 fully saturated rings. The molecular weight excluding hydrogens is 298 g/mol. The molecule has 0 aliphatic carbocycles. The number of imide groups is 1. The molecule has 0 radical (unpaired) electrons. The Balaban J connectivity index is 2.37. The lowest BCUT2D eigenvalue weighted by atomic mass is 10.2. The number of rotatable bonds is 1. The normalized spacial score (nSPS) is 16.1. The molecule has 1 aliphatic rings. The molecule has 0 saturated carbocycles. The Morgan fingerprint density at radius 1 is 1.24 bits per heavy atom. The van der Waals surface area contributed by atoms with Crippen LogP contribution in [0.4, 0.5) is 19.3 Å². The number of carbonyl (C=O) groups excluding carboxylic acids is 2. The Morgan fingerprint density at radius 3 is 2.59 bits per heavy atom. The van der Waals surface area contributed by atoms with E-state index in [0.717, 1.165) is 17.0 Å². The molecule has 0 atom stereocenters. The van der Waals surface area contributed by atoms with Gasteiger partial charge in [0.05, 0.1) is 10.2 Å². The van der Waals surface area contributed by atoms with Gasteiger partial charge < -0.3 is 0 Å². The summed E-state index contributed by atoms with van der Waals surface area (Å²) in [5.41, 5.74) is -0.185. The maximum absolute atomic E-state index is 13.6. The predicted octanol–water partition coefficient (Wildman–Crippen LogP) is 2.17. The van der Waals surface area contributed by atoms with Crippen molar-refractivity contribution in [1.29, 1.82) is 0 Å². The Bertz CT molecular complexity index is 507.